The van der Waals surface area contributed by atoms with E-state index in [0.717, 1.165) is 46.2 Å². The molecule has 5 rings (SSSR count). The summed E-state index contributed by atoms with van der Waals surface area (Å²) >= 11 is 6.15. The Balaban J connectivity index is 1.36. The molecule has 3 N–H and O–H groups in total. The third kappa shape index (κ3) is 6.18. The molecular formula is C30H30ClN7. The first-order valence-electron chi connectivity index (χ1n) is 12.7. The summed E-state index contributed by atoms with van der Waals surface area (Å²) in [7, 11) is 0. The zero-order valence-electron chi connectivity index (χ0n) is 21.7. The van der Waals surface area contributed by atoms with E-state index in [4.69, 9.17) is 11.6 Å². The molecular weight excluding hydrogens is 494 g/mol. The molecule has 0 aliphatic rings. The Bertz CT molecular complexity index is 1500. The van der Waals surface area contributed by atoms with Gasteiger partial charge in [0.05, 0.1) is 5.52 Å². The number of para-hydroxylation sites is 2. The van der Waals surface area contributed by atoms with E-state index in [1.807, 2.05) is 86.8 Å². The molecule has 0 aliphatic carbocycles. The van der Waals surface area contributed by atoms with E-state index in [1.54, 1.807) is 0 Å². The summed E-state index contributed by atoms with van der Waals surface area (Å²) in [6.07, 6.45) is 3.60. The maximum absolute atomic E-state index is 6.15. The highest BCUT2D eigenvalue weighted by Gasteiger charge is 2.13. The lowest BCUT2D eigenvalue weighted by molar-refractivity contribution is 0.700. The van der Waals surface area contributed by atoms with Crippen molar-refractivity contribution in [2.75, 3.05) is 16.0 Å². The smallest absolute Gasteiger partial charge is 0.233 e. The van der Waals surface area contributed by atoms with Crippen LogP contribution in [0.2, 0.25) is 5.02 Å². The number of aromatic nitrogens is 4. The number of hydrogen-bond donors (Lipinski definition) is 3. The van der Waals surface area contributed by atoms with E-state index in [2.05, 4.69) is 48.9 Å². The molecule has 0 saturated carbocycles. The molecule has 1 atom stereocenters. The molecule has 0 amide bonds. The van der Waals surface area contributed by atoms with Crippen molar-refractivity contribution in [1.29, 1.82) is 0 Å². The van der Waals surface area contributed by atoms with Gasteiger partial charge in [-0.3, -0.25) is 4.98 Å². The van der Waals surface area contributed by atoms with Gasteiger partial charge in [0.1, 0.15) is 0 Å². The summed E-state index contributed by atoms with van der Waals surface area (Å²) in [5, 5.41) is 12.0. The zero-order chi connectivity index (χ0) is 26.5. The largest absolute Gasteiger partial charge is 0.352 e. The normalized spacial score (nSPS) is 11.8. The van der Waals surface area contributed by atoms with Gasteiger partial charge in [-0.1, -0.05) is 54.1 Å². The number of nitrogens with one attached hydrogen (secondary N) is 3. The Morgan fingerprint density at radius 1 is 0.763 bits per heavy atom. The van der Waals surface area contributed by atoms with Gasteiger partial charge in [0.25, 0.3) is 0 Å². The van der Waals surface area contributed by atoms with Crippen LogP contribution in [0.1, 0.15) is 30.0 Å². The molecule has 2 aromatic heterocycles. The highest BCUT2D eigenvalue weighted by molar-refractivity contribution is 6.31. The Labute approximate surface area is 227 Å². The highest BCUT2D eigenvalue weighted by Crippen LogP contribution is 2.24. The first-order chi connectivity index (χ1) is 18.4. The lowest BCUT2D eigenvalue weighted by atomic mass is 10.0. The summed E-state index contributed by atoms with van der Waals surface area (Å²) in [6, 6.07) is 24.1. The number of benzene rings is 3. The summed E-state index contributed by atoms with van der Waals surface area (Å²) in [4.78, 5) is 18.5. The van der Waals surface area contributed by atoms with Crippen LogP contribution in [0, 0.1) is 13.8 Å². The van der Waals surface area contributed by atoms with Gasteiger partial charge in [0, 0.05) is 34.0 Å². The number of pyridine rings is 1. The zero-order valence-corrected chi connectivity index (χ0v) is 22.4. The molecule has 0 spiro atoms. The number of fused-ring (bicyclic) bond motifs is 1. The van der Waals surface area contributed by atoms with Gasteiger partial charge in [0.15, 0.2) is 0 Å². The van der Waals surface area contributed by atoms with E-state index in [1.165, 1.54) is 5.56 Å². The van der Waals surface area contributed by atoms with Gasteiger partial charge in [-0.2, -0.15) is 15.0 Å². The molecule has 38 heavy (non-hydrogen) atoms. The quantitative estimate of drug-likeness (QED) is 0.183. The standard InChI is InChI=1S/C30H30ClN7/c1-19-8-4-6-10-25(19)34-29-36-28(37-30(38-29)35-26-11-7-5-9-20(26)2)33-21(3)12-13-22-16-17-32-27-18-23(31)14-15-24(22)27/h4-11,14-18,21H,12-13H2,1-3H3,(H3,33,34,35,36,37,38). The highest BCUT2D eigenvalue weighted by atomic mass is 35.5. The fourth-order valence-corrected chi connectivity index (χ4v) is 4.45. The van der Waals surface area contributed by atoms with Crippen molar-refractivity contribution in [2.24, 2.45) is 0 Å². The first kappa shape index (κ1) is 25.4. The number of hydrogen-bond acceptors (Lipinski definition) is 7. The molecule has 8 heteroatoms. The van der Waals surface area contributed by atoms with Gasteiger partial charge in [-0.25, -0.2) is 0 Å². The van der Waals surface area contributed by atoms with E-state index < -0.39 is 0 Å². The van der Waals surface area contributed by atoms with Crippen LogP contribution in [-0.4, -0.2) is 26.0 Å². The summed E-state index contributed by atoms with van der Waals surface area (Å²) in [6.45, 7) is 6.23. The molecule has 0 saturated heterocycles. The Morgan fingerprint density at radius 2 is 1.37 bits per heavy atom. The molecule has 0 radical (unpaired) electrons. The van der Waals surface area contributed by atoms with Crippen molar-refractivity contribution in [3.8, 4) is 0 Å². The molecule has 1 unspecified atom stereocenters. The third-order valence-electron chi connectivity index (χ3n) is 6.44. The van der Waals surface area contributed by atoms with Gasteiger partial charge < -0.3 is 16.0 Å². The molecule has 7 nitrogen and oxygen atoms in total. The second-order valence-electron chi connectivity index (χ2n) is 9.40. The van der Waals surface area contributed by atoms with Crippen molar-refractivity contribution in [2.45, 2.75) is 39.7 Å². The summed E-state index contributed by atoms with van der Waals surface area (Å²) in [5.74, 6) is 1.44. The number of aryl methyl sites for hydroxylation is 3. The van der Waals surface area contributed by atoms with Crippen molar-refractivity contribution >= 4 is 51.7 Å². The van der Waals surface area contributed by atoms with Crippen LogP contribution in [0.5, 0.6) is 0 Å². The maximum Gasteiger partial charge on any atom is 0.233 e. The number of anilines is 5. The molecule has 0 bridgehead atoms. The van der Waals surface area contributed by atoms with Gasteiger partial charge >= 0.3 is 0 Å². The van der Waals surface area contributed by atoms with Crippen LogP contribution in [0.25, 0.3) is 10.9 Å². The van der Waals surface area contributed by atoms with Crippen LogP contribution in [-0.2, 0) is 6.42 Å². The lowest BCUT2D eigenvalue weighted by Gasteiger charge is -2.17. The third-order valence-corrected chi connectivity index (χ3v) is 6.67. The molecule has 192 valence electrons. The number of rotatable bonds is 9. The van der Waals surface area contributed by atoms with Crippen molar-refractivity contribution < 1.29 is 0 Å². The van der Waals surface area contributed by atoms with E-state index in [0.29, 0.717) is 22.9 Å². The average Bonchev–Trinajstić information content (AvgIpc) is 2.90. The van der Waals surface area contributed by atoms with Crippen LogP contribution in [0.15, 0.2) is 79.0 Å². The molecule has 2 heterocycles. The van der Waals surface area contributed by atoms with Crippen LogP contribution in [0.3, 0.4) is 0 Å². The minimum atomic E-state index is 0.116. The maximum atomic E-state index is 6.15. The monoisotopic (exact) mass is 523 g/mol. The fourth-order valence-electron chi connectivity index (χ4n) is 4.28. The Kier molecular flexibility index (Phi) is 7.65. The minimum absolute atomic E-state index is 0.116. The van der Waals surface area contributed by atoms with E-state index >= 15 is 0 Å². The second kappa shape index (κ2) is 11.4. The minimum Gasteiger partial charge on any atom is -0.352 e. The number of nitrogens with zero attached hydrogens (tertiary/aromatic N) is 4. The topological polar surface area (TPSA) is 87.7 Å². The van der Waals surface area contributed by atoms with Crippen LogP contribution < -0.4 is 16.0 Å². The predicted octanol–water partition coefficient (Wildman–Crippen LogP) is 7.61. The predicted molar refractivity (Wildman–Crippen MR) is 157 cm³/mol. The Hall–Kier alpha value is -4.23. The van der Waals surface area contributed by atoms with Crippen LogP contribution in [0.4, 0.5) is 29.2 Å². The molecule has 0 fully saturated rings. The first-order valence-corrected chi connectivity index (χ1v) is 13.0. The van der Waals surface area contributed by atoms with Crippen molar-refractivity contribution in [3.63, 3.8) is 0 Å². The van der Waals surface area contributed by atoms with E-state index in [9.17, 15) is 0 Å². The summed E-state index contributed by atoms with van der Waals surface area (Å²) in [5.41, 5.74) is 6.25. The lowest BCUT2D eigenvalue weighted by Crippen LogP contribution is -2.19. The number of halogens is 1. The molecule has 5 aromatic rings. The Morgan fingerprint density at radius 3 is 2.00 bits per heavy atom. The van der Waals surface area contributed by atoms with Crippen molar-refractivity contribution in [1.82, 2.24) is 19.9 Å². The average molecular weight is 524 g/mol. The van der Waals surface area contributed by atoms with Gasteiger partial charge in [-0.15, -0.1) is 0 Å². The van der Waals surface area contributed by atoms with Crippen LogP contribution >= 0.6 is 11.6 Å². The summed E-state index contributed by atoms with van der Waals surface area (Å²) < 4.78 is 0. The SMILES string of the molecule is Cc1ccccc1Nc1nc(Nc2ccccc2C)nc(NC(C)CCc2ccnc3cc(Cl)ccc23)n1. The second-order valence-corrected chi connectivity index (χ2v) is 9.84. The molecule has 0 aliphatic heterocycles. The van der Waals surface area contributed by atoms with Gasteiger partial charge in [0.2, 0.25) is 17.8 Å². The fraction of sp³-hybridized carbons (Fsp3) is 0.200. The van der Waals surface area contributed by atoms with Crippen molar-refractivity contribution in [3.05, 3.63) is 101 Å². The molecule has 3 aromatic carbocycles. The van der Waals surface area contributed by atoms with Gasteiger partial charge in [-0.05, 0) is 80.6 Å². The van der Waals surface area contributed by atoms with E-state index in [-0.39, 0.29) is 6.04 Å².